The molecule has 0 atom stereocenters. The van der Waals surface area contributed by atoms with Gasteiger partial charge in [0, 0.05) is 49.7 Å². The van der Waals surface area contributed by atoms with E-state index in [1.54, 1.807) is 12.1 Å². The van der Waals surface area contributed by atoms with Crippen LogP contribution >= 0.6 is 0 Å². The third-order valence-corrected chi connectivity index (χ3v) is 7.48. The lowest BCUT2D eigenvalue weighted by Gasteiger charge is -2.34. The predicted molar refractivity (Wildman–Crippen MR) is 118 cm³/mol. The van der Waals surface area contributed by atoms with E-state index >= 15 is 0 Å². The van der Waals surface area contributed by atoms with Crippen LogP contribution in [0.5, 0.6) is 0 Å². The minimum atomic E-state index is -3.67. The molecule has 31 heavy (non-hydrogen) atoms. The molecule has 0 bridgehead atoms. The topological polar surface area (TPSA) is 87.9 Å². The number of nitrogens with zero attached hydrogens (tertiary/aromatic N) is 2. The molecular formula is C23H24N2O5S. The molecular weight excluding hydrogens is 416 g/mol. The standard InChI is InChI=1S/C23H24N2O5S/c1-16-6-7-21-19(14-23(27)30-22(21)12-16)15-24-8-10-25(11-9-24)31(28,29)20-5-3-4-18(13-20)17(2)26/h3-7,12-14H,8-11,15H2,1-2H3. The zero-order chi connectivity index (χ0) is 22.2. The highest BCUT2D eigenvalue weighted by Gasteiger charge is 2.29. The van der Waals surface area contributed by atoms with Crippen LogP contribution in [0.4, 0.5) is 0 Å². The van der Waals surface area contributed by atoms with Crippen LogP contribution < -0.4 is 5.63 Å². The number of Topliss-reactive ketones (excluding diaryl/α,β-unsaturated/α-hetero) is 1. The quantitative estimate of drug-likeness (QED) is 0.448. The second-order valence-electron chi connectivity index (χ2n) is 7.85. The van der Waals surface area contributed by atoms with E-state index in [1.807, 2.05) is 25.1 Å². The van der Waals surface area contributed by atoms with Crippen molar-refractivity contribution in [2.45, 2.75) is 25.3 Å². The van der Waals surface area contributed by atoms with Crippen LogP contribution in [0.2, 0.25) is 0 Å². The van der Waals surface area contributed by atoms with Crippen LogP contribution in [0.3, 0.4) is 0 Å². The average molecular weight is 441 g/mol. The summed E-state index contributed by atoms with van der Waals surface area (Å²) in [6.07, 6.45) is 0. The van der Waals surface area contributed by atoms with Crippen LogP contribution in [-0.4, -0.2) is 49.6 Å². The summed E-state index contributed by atoms with van der Waals surface area (Å²) in [5.41, 5.74) is 2.44. The van der Waals surface area contributed by atoms with E-state index in [1.165, 1.54) is 29.4 Å². The molecule has 1 saturated heterocycles. The number of sulfonamides is 1. The van der Waals surface area contributed by atoms with Gasteiger partial charge >= 0.3 is 5.63 Å². The highest BCUT2D eigenvalue weighted by atomic mass is 32.2. The minimum absolute atomic E-state index is 0.135. The Kier molecular flexibility index (Phi) is 5.79. The minimum Gasteiger partial charge on any atom is -0.423 e. The Morgan fingerprint density at radius 2 is 1.77 bits per heavy atom. The maximum atomic E-state index is 13.0. The number of hydrogen-bond acceptors (Lipinski definition) is 6. The van der Waals surface area contributed by atoms with Crippen molar-refractivity contribution in [1.82, 2.24) is 9.21 Å². The van der Waals surface area contributed by atoms with Crippen LogP contribution in [0.1, 0.15) is 28.4 Å². The number of rotatable bonds is 5. The van der Waals surface area contributed by atoms with Crippen LogP contribution in [0.15, 0.2) is 62.6 Å². The molecule has 0 N–H and O–H groups in total. The fourth-order valence-corrected chi connectivity index (χ4v) is 5.33. The van der Waals surface area contributed by atoms with E-state index in [4.69, 9.17) is 4.42 Å². The van der Waals surface area contributed by atoms with Gasteiger partial charge in [-0.25, -0.2) is 13.2 Å². The number of fused-ring (bicyclic) bond motifs is 1. The first-order chi connectivity index (χ1) is 14.7. The van der Waals surface area contributed by atoms with Crippen molar-refractivity contribution in [2.75, 3.05) is 26.2 Å². The van der Waals surface area contributed by atoms with E-state index < -0.39 is 10.0 Å². The zero-order valence-electron chi connectivity index (χ0n) is 17.5. The molecule has 0 spiro atoms. The van der Waals surface area contributed by atoms with Crippen LogP contribution in [0.25, 0.3) is 11.0 Å². The maximum Gasteiger partial charge on any atom is 0.336 e. The van der Waals surface area contributed by atoms with Gasteiger partial charge < -0.3 is 4.42 Å². The first-order valence-electron chi connectivity index (χ1n) is 10.1. The summed E-state index contributed by atoms with van der Waals surface area (Å²) in [5, 5.41) is 0.890. The molecule has 162 valence electrons. The van der Waals surface area contributed by atoms with Crippen molar-refractivity contribution in [1.29, 1.82) is 0 Å². The molecule has 3 aromatic rings. The first-order valence-corrected chi connectivity index (χ1v) is 11.5. The molecule has 8 heteroatoms. The van der Waals surface area contributed by atoms with Gasteiger partial charge in [-0.1, -0.05) is 24.3 Å². The van der Waals surface area contributed by atoms with E-state index in [0.29, 0.717) is 43.9 Å². The van der Waals surface area contributed by atoms with Crippen LogP contribution in [0, 0.1) is 6.92 Å². The Bertz CT molecular complexity index is 1310. The number of carbonyl (C=O) groups excluding carboxylic acids is 1. The summed E-state index contributed by atoms with van der Waals surface area (Å²) in [5.74, 6) is -0.170. The SMILES string of the molecule is CC(=O)c1cccc(S(=O)(=O)N2CCN(Cc3cc(=O)oc4cc(C)ccc34)CC2)c1. The van der Waals surface area contributed by atoms with Gasteiger partial charge in [-0.15, -0.1) is 0 Å². The molecule has 1 aromatic heterocycles. The van der Waals surface area contributed by atoms with E-state index in [0.717, 1.165) is 16.5 Å². The largest absolute Gasteiger partial charge is 0.423 e. The fourth-order valence-electron chi connectivity index (χ4n) is 3.86. The maximum absolute atomic E-state index is 13.0. The Labute approximate surface area is 180 Å². The van der Waals surface area contributed by atoms with Gasteiger partial charge in [0.25, 0.3) is 0 Å². The molecule has 0 radical (unpaired) electrons. The highest BCUT2D eigenvalue weighted by molar-refractivity contribution is 7.89. The average Bonchev–Trinajstić information content (AvgIpc) is 2.73. The molecule has 1 fully saturated rings. The second kappa shape index (κ2) is 8.37. The molecule has 0 saturated carbocycles. The number of hydrogen-bond donors (Lipinski definition) is 0. The zero-order valence-corrected chi connectivity index (χ0v) is 18.3. The van der Waals surface area contributed by atoms with Gasteiger partial charge in [-0.2, -0.15) is 4.31 Å². The summed E-state index contributed by atoms with van der Waals surface area (Å²) in [6, 6.07) is 13.4. The summed E-state index contributed by atoms with van der Waals surface area (Å²) >= 11 is 0. The number of aryl methyl sites for hydroxylation is 1. The number of carbonyl (C=O) groups is 1. The molecule has 7 nitrogen and oxygen atoms in total. The third-order valence-electron chi connectivity index (χ3n) is 5.59. The molecule has 0 amide bonds. The summed E-state index contributed by atoms with van der Waals surface area (Å²) < 4.78 is 32.8. The molecule has 2 heterocycles. The predicted octanol–water partition coefficient (Wildman–Crippen LogP) is 2.81. The highest BCUT2D eigenvalue weighted by Crippen LogP contribution is 2.22. The van der Waals surface area contributed by atoms with Crippen LogP contribution in [-0.2, 0) is 16.6 Å². The van der Waals surface area contributed by atoms with Gasteiger partial charge in [-0.3, -0.25) is 9.69 Å². The lowest BCUT2D eigenvalue weighted by atomic mass is 10.1. The van der Waals surface area contributed by atoms with Crippen molar-refractivity contribution in [2.24, 2.45) is 0 Å². The number of ketones is 1. The van der Waals surface area contributed by atoms with Gasteiger partial charge in [-0.05, 0) is 43.2 Å². The first kappa shape index (κ1) is 21.4. The Morgan fingerprint density at radius 1 is 1.03 bits per heavy atom. The number of benzene rings is 2. The smallest absolute Gasteiger partial charge is 0.336 e. The molecule has 2 aromatic carbocycles. The van der Waals surface area contributed by atoms with Gasteiger partial charge in [0.2, 0.25) is 10.0 Å². The van der Waals surface area contributed by atoms with Crippen molar-refractivity contribution in [3.05, 3.63) is 75.6 Å². The van der Waals surface area contributed by atoms with E-state index in [9.17, 15) is 18.0 Å². The van der Waals surface area contributed by atoms with Gasteiger partial charge in [0.05, 0.1) is 4.90 Å². The van der Waals surface area contributed by atoms with Crippen molar-refractivity contribution < 1.29 is 17.6 Å². The number of piperazine rings is 1. The van der Waals surface area contributed by atoms with Gasteiger partial charge in [0.1, 0.15) is 5.58 Å². The molecule has 1 aliphatic heterocycles. The second-order valence-corrected chi connectivity index (χ2v) is 9.79. The molecule has 0 unspecified atom stereocenters. The third kappa shape index (κ3) is 4.46. The summed E-state index contributed by atoms with van der Waals surface area (Å²) in [4.78, 5) is 25.9. The Hall–Kier alpha value is -2.81. The van der Waals surface area contributed by atoms with E-state index in [-0.39, 0.29) is 16.3 Å². The lowest BCUT2D eigenvalue weighted by molar-refractivity contribution is 0.101. The van der Waals surface area contributed by atoms with Crippen molar-refractivity contribution in [3.63, 3.8) is 0 Å². The summed E-state index contributed by atoms with van der Waals surface area (Å²) in [7, 11) is -3.67. The van der Waals surface area contributed by atoms with Gasteiger partial charge in [0.15, 0.2) is 5.78 Å². The summed E-state index contributed by atoms with van der Waals surface area (Å²) in [6.45, 7) is 5.66. The normalized spacial score (nSPS) is 15.9. The fraction of sp³-hybridized carbons (Fsp3) is 0.304. The monoisotopic (exact) mass is 440 g/mol. The Balaban J connectivity index is 1.49. The molecule has 4 rings (SSSR count). The Morgan fingerprint density at radius 3 is 2.48 bits per heavy atom. The lowest BCUT2D eigenvalue weighted by Crippen LogP contribution is -2.48. The van der Waals surface area contributed by atoms with E-state index in [2.05, 4.69) is 4.90 Å². The van der Waals surface area contributed by atoms with Crippen molar-refractivity contribution in [3.8, 4) is 0 Å². The van der Waals surface area contributed by atoms with Crippen molar-refractivity contribution >= 4 is 26.8 Å². The molecule has 0 aliphatic carbocycles. The molecule has 1 aliphatic rings.